The molecule has 8 aromatic rings. The lowest BCUT2D eigenvalue weighted by molar-refractivity contribution is 0.486. The van der Waals surface area contributed by atoms with Gasteiger partial charge in [-0.25, -0.2) is 0 Å². The summed E-state index contributed by atoms with van der Waals surface area (Å²) in [4.78, 5) is 4.68. The minimum atomic E-state index is -3.60. The van der Waals surface area contributed by atoms with Crippen LogP contribution in [0.3, 0.4) is 0 Å². The van der Waals surface area contributed by atoms with Gasteiger partial charge in [-0.05, 0) is 121 Å². The van der Waals surface area contributed by atoms with E-state index >= 15 is 4.57 Å². The van der Waals surface area contributed by atoms with Crippen molar-refractivity contribution < 1.29 is 9.30 Å². The molecule has 278 valence electrons. The lowest BCUT2D eigenvalue weighted by Crippen LogP contribution is -2.46. The molecule has 1 unspecified atom stereocenters. The fourth-order valence-corrected chi connectivity index (χ4v) is 13.9. The summed E-state index contributed by atoms with van der Waals surface area (Å²) in [6.45, 7) is 8.51. The van der Waals surface area contributed by atoms with Gasteiger partial charge in [-0.2, -0.15) is 0 Å². The molecular weight excluding hydrogens is 728 g/mol. The molecule has 0 aromatic heterocycles. The van der Waals surface area contributed by atoms with Crippen molar-refractivity contribution in [2.75, 3.05) is 9.80 Å². The van der Waals surface area contributed by atoms with E-state index < -0.39 is 12.6 Å². The molecule has 1 atom stereocenters. The summed E-state index contributed by atoms with van der Waals surface area (Å²) in [7, 11) is -3.60. The normalized spacial score (nSPS) is 17.0. The van der Waals surface area contributed by atoms with Gasteiger partial charge in [0.2, 0.25) is 0 Å². The second kappa shape index (κ2) is 11.7. The highest BCUT2D eigenvalue weighted by Gasteiger charge is 2.57. The number of ether oxygens (including phenoxy) is 1. The zero-order chi connectivity index (χ0) is 39.1. The van der Waals surface area contributed by atoms with E-state index in [2.05, 4.69) is 201 Å². The van der Waals surface area contributed by atoms with E-state index in [1.807, 2.05) is 0 Å². The molecule has 4 aliphatic rings. The van der Waals surface area contributed by atoms with E-state index in [0.717, 1.165) is 77.9 Å². The van der Waals surface area contributed by atoms with E-state index in [4.69, 9.17) is 4.74 Å². The zero-order valence-electron chi connectivity index (χ0n) is 32.7. The first kappa shape index (κ1) is 33.5. The first-order chi connectivity index (χ1) is 28.3. The van der Waals surface area contributed by atoms with Gasteiger partial charge in [0.15, 0.2) is 7.14 Å². The van der Waals surface area contributed by atoms with E-state index in [1.54, 1.807) is 0 Å². The molecule has 0 radical (unpaired) electrons. The molecule has 4 nitrogen and oxygen atoms in total. The van der Waals surface area contributed by atoms with Gasteiger partial charge in [-0.3, -0.25) is 0 Å². The molecule has 3 aliphatic heterocycles. The van der Waals surface area contributed by atoms with Gasteiger partial charge in [0.25, 0.3) is 0 Å². The lowest BCUT2D eigenvalue weighted by Gasteiger charge is -2.48. The summed E-state index contributed by atoms with van der Waals surface area (Å²) in [6.07, 6.45) is 0. The van der Waals surface area contributed by atoms with Crippen molar-refractivity contribution >= 4 is 57.2 Å². The number of hydrogen-bond donors (Lipinski definition) is 0. The van der Waals surface area contributed by atoms with Crippen LogP contribution in [-0.2, 0) is 9.98 Å². The first-order valence-electron chi connectivity index (χ1n) is 20.0. The second-order valence-corrected chi connectivity index (χ2v) is 18.9. The Kier molecular flexibility index (Phi) is 6.78. The maximum Gasteiger partial charge on any atom is 0.186 e. The Labute approximate surface area is 339 Å². The zero-order valence-corrected chi connectivity index (χ0v) is 33.6. The van der Waals surface area contributed by atoms with Gasteiger partial charge < -0.3 is 19.1 Å². The molecular formula is C53H39N2O2P. The average Bonchev–Trinajstić information content (AvgIpc) is 3.53. The third kappa shape index (κ3) is 4.18. The van der Waals surface area contributed by atoms with E-state index in [0.29, 0.717) is 11.5 Å². The highest BCUT2D eigenvalue weighted by atomic mass is 31.2. The van der Waals surface area contributed by atoms with Crippen LogP contribution >= 0.6 is 7.14 Å². The number of benzene rings is 8. The van der Waals surface area contributed by atoms with Crippen molar-refractivity contribution in [3.8, 4) is 22.6 Å². The Balaban J connectivity index is 1.29. The smallest absolute Gasteiger partial charge is 0.186 e. The Bertz CT molecular complexity index is 3060. The van der Waals surface area contributed by atoms with Crippen molar-refractivity contribution in [3.05, 3.63) is 208 Å². The summed E-state index contributed by atoms with van der Waals surface area (Å²) < 4.78 is 24.8. The number of nitrogens with zero attached hydrogens (tertiary/aromatic N) is 2. The van der Waals surface area contributed by atoms with Gasteiger partial charge in [0, 0.05) is 16.9 Å². The van der Waals surface area contributed by atoms with Crippen LogP contribution in [0.4, 0.5) is 34.1 Å². The van der Waals surface area contributed by atoms with Gasteiger partial charge in [-0.1, -0.05) is 120 Å². The van der Waals surface area contributed by atoms with E-state index in [1.165, 1.54) is 27.8 Å². The van der Waals surface area contributed by atoms with Crippen molar-refractivity contribution in [3.63, 3.8) is 0 Å². The van der Waals surface area contributed by atoms with E-state index in [-0.39, 0.29) is 0 Å². The van der Waals surface area contributed by atoms with Gasteiger partial charge in [0.05, 0.1) is 44.1 Å². The molecule has 0 amide bonds. The van der Waals surface area contributed by atoms with Gasteiger partial charge >= 0.3 is 0 Å². The fraction of sp³-hybridized carbons (Fsp3) is 0.0943. The minimum Gasteiger partial charge on any atom is -0.455 e. The van der Waals surface area contributed by atoms with Crippen LogP contribution in [0.15, 0.2) is 164 Å². The van der Waals surface area contributed by atoms with Crippen molar-refractivity contribution in [1.29, 1.82) is 0 Å². The van der Waals surface area contributed by atoms with Crippen LogP contribution in [0.2, 0.25) is 0 Å². The predicted octanol–water partition coefficient (Wildman–Crippen LogP) is 12.6. The summed E-state index contributed by atoms with van der Waals surface area (Å²) >= 11 is 0. The third-order valence-corrected chi connectivity index (χ3v) is 16.0. The largest absolute Gasteiger partial charge is 0.455 e. The third-order valence-electron chi connectivity index (χ3n) is 12.8. The number of hydrogen-bond acceptors (Lipinski definition) is 4. The molecule has 0 spiro atoms. The Morgan fingerprint density at radius 3 is 1.52 bits per heavy atom. The number of rotatable bonds is 4. The van der Waals surface area contributed by atoms with Crippen LogP contribution < -0.4 is 30.5 Å². The van der Waals surface area contributed by atoms with Gasteiger partial charge in [0.1, 0.15) is 11.5 Å². The predicted molar refractivity (Wildman–Crippen MR) is 239 cm³/mol. The highest BCUT2D eigenvalue weighted by molar-refractivity contribution is 7.87. The molecule has 3 heterocycles. The van der Waals surface area contributed by atoms with Crippen LogP contribution in [0, 0.1) is 27.7 Å². The minimum absolute atomic E-state index is 0.664. The first-order valence-corrected chi connectivity index (χ1v) is 21.7. The molecule has 8 aromatic carbocycles. The van der Waals surface area contributed by atoms with Crippen molar-refractivity contribution in [1.82, 2.24) is 0 Å². The summed E-state index contributed by atoms with van der Waals surface area (Å²) in [6, 6.07) is 59.0. The molecule has 5 heteroatoms. The molecule has 0 saturated heterocycles. The fourth-order valence-electron chi connectivity index (χ4n) is 10.5. The van der Waals surface area contributed by atoms with E-state index in [9.17, 15) is 0 Å². The monoisotopic (exact) mass is 766 g/mol. The summed E-state index contributed by atoms with van der Waals surface area (Å²) in [5.74, 6) is 1.36. The van der Waals surface area contributed by atoms with Crippen molar-refractivity contribution in [2.45, 2.75) is 33.1 Å². The van der Waals surface area contributed by atoms with Crippen LogP contribution in [-0.4, -0.2) is 0 Å². The standard InChI is InChI=1S/C53H39N2O2P/c1-32-19-23-38(24-20-32)54-43-27-34(3)28-44-50(43)58(56)51-45(54)29-35(4)30-47(51)57-49-48-40-17-11-12-18-41(40)53(36-13-7-5-8-14-36,37-15-9-6-10-16-37)42(48)31-46(52(49)58)55(44)39-25-21-33(2)22-26-39/h5-31H,1-4H3. The number of fused-ring (bicyclic) bond motifs is 4. The summed E-state index contributed by atoms with van der Waals surface area (Å²) in [5, 5.41) is 2.41. The lowest BCUT2D eigenvalue weighted by atomic mass is 9.67. The average molecular weight is 767 g/mol. The van der Waals surface area contributed by atoms with Crippen LogP contribution in [0.5, 0.6) is 11.5 Å². The number of anilines is 6. The molecule has 12 rings (SSSR count). The van der Waals surface area contributed by atoms with Gasteiger partial charge in [-0.15, -0.1) is 0 Å². The Morgan fingerprint density at radius 2 is 0.948 bits per heavy atom. The second-order valence-electron chi connectivity index (χ2n) is 16.4. The number of aryl methyl sites for hydroxylation is 4. The molecule has 0 bridgehead atoms. The molecule has 0 saturated carbocycles. The SMILES string of the molecule is Cc1ccc(N2c3cc(C)cc4c3P3(=O)c5c2cc(C)cc5N(c2ccc(C)cc2)c2cc5c(c(c23)O4)-c2ccccc2C5(c2ccccc2)c2ccccc2)cc1. The Hall–Kier alpha value is -6.61. The molecule has 58 heavy (non-hydrogen) atoms. The van der Waals surface area contributed by atoms with Crippen molar-refractivity contribution in [2.24, 2.45) is 0 Å². The van der Waals surface area contributed by atoms with Crippen LogP contribution in [0.25, 0.3) is 11.1 Å². The quantitative estimate of drug-likeness (QED) is 0.167. The Morgan fingerprint density at radius 1 is 0.466 bits per heavy atom. The topological polar surface area (TPSA) is 32.8 Å². The maximum atomic E-state index is 17.4. The highest BCUT2D eigenvalue weighted by Crippen LogP contribution is 2.70. The molecule has 0 N–H and O–H groups in total. The molecule has 1 aliphatic carbocycles. The summed E-state index contributed by atoms with van der Waals surface area (Å²) in [5.41, 5.74) is 16.3. The molecule has 0 fully saturated rings. The maximum absolute atomic E-state index is 17.4. The van der Waals surface area contributed by atoms with Crippen LogP contribution in [0.1, 0.15) is 44.5 Å².